The normalized spacial score (nSPS) is 14.8. The van der Waals surface area contributed by atoms with Crippen LogP contribution in [0.15, 0.2) is 29.2 Å². The van der Waals surface area contributed by atoms with Crippen molar-refractivity contribution in [2.45, 2.75) is 17.7 Å². The molecule has 14 heavy (non-hydrogen) atoms. The standard InChI is InChI=1S/C10H12O3S/c1-7(10(11)12)8-4-3-5-9(6-8)14(2)13/h3-7H,1-2H3,(H,11,12). The number of aliphatic carboxylic acids is 1. The van der Waals surface area contributed by atoms with E-state index in [0.717, 1.165) is 0 Å². The highest BCUT2D eigenvalue weighted by Crippen LogP contribution is 2.19. The van der Waals surface area contributed by atoms with E-state index in [9.17, 15) is 9.35 Å². The predicted molar refractivity (Wildman–Crippen MR) is 54.8 cm³/mol. The van der Waals surface area contributed by atoms with Crippen molar-refractivity contribution in [2.75, 3.05) is 6.26 Å². The Kier molecular flexibility index (Phi) is 3.55. The highest BCUT2D eigenvalue weighted by atomic mass is 32.2. The Balaban J connectivity index is 2.99. The summed E-state index contributed by atoms with van der Waals surface area (Å²) in [6.07, 6.45) is 1.57. The second-order valence-corrected chi connectivity index (χ2v) is 4.47. The molecule has 0 aromatic heterocycles. The molecule has 0 saturated heterocycles. The highest BCUT2D eigenvalue weighted by molar-refractivity contribution is 7.90. The van der Waals surface area contributed by atoms with E-state index in [1.807, 2.05) is 0 Å². The van der Waals surface area contributed by atoms with Gasteiger partial charge in [-0.3, -0.25) is 4.79 Å². The van der Waals surface area contributed by atoms with Crippen molar-refractivity contribution in [2.24, 2.45) is 0 Å². The lowest BCUT2D eigenvalue weighted by Crippen LogP contribution is -2.08. The number of benzene rings is 1. The Morgan fingerprint density at radius 1 is 1.57 bits per heavy atom. The topological polar surface area (TPSA) is 60.4 Å². The number of hydrogen-bond acceptors (Lipinski definition) is 2. The van der Waals surface area contributed by atoms with Crippen LogP contribution in [0.1, 0.15) is 18.4 Å². The van der Waals surface area contributed by atoms with Gasteiger partial charge in [0.1, 0.15) is 6.26 Å². The molecule has 0 bridgehead atoms. The molecular weight excluding hydrogens is 200 g/mol. The summed E-state index contributed by atoms with van der Waals surface area (Å²) in [6.45, 7) is 1.61. The van der Waals surface area contributed by atoms with E-state index in [2.05, 4.69) is 0 Å². The van der Waals surface area contributed by atoms with Crippen molar-refractivity contribution in [3.63, 3.8) is 0 Å². The molecule has 0 aliphatic heterocycles. The van der Waals surface area contributed by atoms with Gasteiger partial charge in [0.15, 0.2) is 4.90 Å². The molecule has 3 nitrogen and oxygen atoms in total. The Morgan fingerprint density at radius 3 is 2.71 bits per heavy atom. The van der Waals surface area contributed by atoms with E-state index < -0.39 is 23.1 Å². The lowest BCUT2D eigenvalue weighted by atomic mass is 10.0. The zero-order valence-corrected chi connectivity index (χ0v) is 8.88. The molecular formula is C10H12O3S. The summed E-state index contributed by atoms with van der Waals surface area (Å²) >= 11 is -1.06. The Hall–Kier alpha value is -1.00. The van der Waals surface area contributed by atoms with Crippen molar-refractivity contribution in [1.82, 2.24) is 0 Å². The van der Waals surface area contributed by atoms with Gasteiger partial charge in [0.25, 0.3) is 0 Å². The van der Waals surface area contributed by atoms with E-state index >= 15 is 0 Å². The summed E-state index contributed by atoms with van der Waals surface area (Å²) in [4.78, 5) is 11.4. The SMILES string of the molecule is CC(C(=O)O)c1cccc([S+](C)[O-])c1. The molecule has 0 saturated carbocycles. The summed E-state index contributed by atoms with van der Waals surface area (Å²) < 4.78 is 11.2. The van der Waals surface area contributed by atoms with Crippen LogP contribution in [0, 0.1) is 0 Å². The van der Waals surface area contributed by atoms with Gasteiger partial charge in [0, 0.05) is 0 Å². The zero-order chi connectivity index (χ0) is 10.7. The molecule has 1 rings (SSSR count). The number of carboxylic acid groups (broad SMARTS) is 1. The first-order valence-corrected chi connectivity index (χ1v) is 5.74. The van der Waals surface area contributed by atoms with E-state index in [1.165, 1.54) is 0 Å². The first-order valence-electron chi connectivity index (χ1n) is 4.18. The van der Waals surface area contributed by atoms with Gasteiger partial charge in [-0.2, -0.15) is 0 Å². The highest BCUT2D eigenvalue weighted by Gasteiger charge is 2.15. The van der Waals surface area contributed by atoms with Crippen LogP contribution in [-0.4, -0.2) is 21.9 Å². The van der Waals surface area contributed by atoms with Crippen molar-refractivity contribution in [3.8, 4) is 0 Å². The van der Waals surface area contributed by atoms with Gasteiger partial charge in [0.05, 0.1) is 5.92 Å². The van der Waals surface area contributed by atoms with Crippen LogP contribution < -0.4 is 0 Å². The first-order chi connectivity index (χ1) is 6.52. The Labute approximate surface area is 85.9 Å². The second-order valence-electron chi connectivity index (χ2n) is 3.09. The Morgan fingerprint density at radius 2 is 2.21 bits per heavy atom. The van der Waals surface area contributed by atoms with Crippen molar-refractivity contribution in [3.05, 3.63) is 29.8 Å². The average Bonchev–Trinajstić information content (AvgIpc) is 2.16. The molecule has 0 aliphatic carbocycles. The quantitative estimate of drug-likeness (QED) is 0.774. The number of carbonyl (C=O) groups is 1. The van der Waals surface area contributed by atoms with Crippen LogP contribution >= 0.6 is 0 Å². The molecule has 4 heteroatoms. The summed E-state index contributed by atoms with van der Waals surface area (Å²) in [6, 6.07) is 6.86. The fourth-order valence-electron chi connectivity index (χ4n) is 1.11. The van der Waals surface area contributed by atoms with Crippen LogP contribution in [0.25, 0.3) is 0 Å². The molecule has 0 amide bonds. The molecule has 1 aromatic carbocycles. The van der Waals surface area contributed by atoms with Gasteiger partial charge < -0.3 is 9.66 Å². The summed E-state index contributed by atoms with van der Waals surface area (Å²) in [5, 5.41) is 8.79. The molecule has 0 aliphatic rings. The van der Waals surface area contributed by atoms with Crippen LogP contribution in [-0.2, 0) is 16.0 Å². The number of hydrogen-bond donors (Lipinski definition) is 1. The van der Waals surface area contributed by atoms with E-state index in [1.54, 1.807) is 37.4 Å². The fourth-order valence-corrected chi connectivity index (χ4v) is 1.68. The first kappa shape index (κ1) is 11.1. The maximum atomic E-state index is 11.2. The minimum atomic E-state index is -1.06. The van der Waals surface area contributed by atoms with Gasteiger partial charge in [-0.1, -0.05) is 12.1 Å². The third-order valence-electron chi connectivity index (χ3n) is 2.06. The third kappa shape index (κ3) is 2.49. The average molecular weight is 212 g/mol. The number of rotatable bonds is 3. The molecule has 0 spiro atoms. The minimum Gasteiger partial charge on any atom is -0.612 e. The Bertz CT molecular complexity index is 336. The molecule has 2 unspecified atom stereocenters. The fraction of sp³-hybridized carbons (Fsp3) is 0.300. The second kappa shape index (κ2) is 4.48. The van der Waals surface area contributed by atoms with Gasteiger partial charge >= 0.3 is 5.97 Å². The third-order valence-corrected chi connectivity index (χ3v) is 2.98. The molecule has 2 atom stereocenters. The van der Waals surface area contributed by atoms with Crippen molar-refractivity contribution in [1.29, 1.82) is 0 Å². The van der Waals surface area contributed by atoms with Gasteiger partial charge in [-0.15, -0.1) is 0 Å². The molecule has 0 fully saturated rings. The number of carboxylic acids is 1. The van der Waals surface area contributed by atoms with Gasteiger partial charge in [-0.25, -0.2) is 0 Å². The largest absolute Gasteiger partial charge is 0.612 e. The smallest absolute Gasteiger partial charge is 0.310 e. The zero-order valence-electron chi connectivity index (χ0n) is 8.06. The molecule has 1 aromatic rings. The van der Waals surface area contributed by atoms with Crippen LogP contribution in [0.2, 0.25) is 0 Å². The molecule has 1 N–H and O–H groups in total. The minimum absolute atomic E-state index is 0.557. The van der Waals surface area contributed by atoms with Crippen molar-refractivity contribution < 1.29 is 14.5 Å². The van der Waals surface area contributed by atoms with Gasteiger partial charge in [-0.05, 0) is 35.8 Å². The van der Waals surface area contributed by atoms with Crippen LogP contribution in [0.5, 0.6) is 0 Å². The maximum absolute atomic E-state index is 11.2. The summed E-state index contributed by atoms with van der Waals surface area (Å²) in [5.41, 5.74) is 0.685. The molecule has 0 radical (unpaired) electrons. The maximum Gasteiger partial charge on any atom is 0.310 e. The molecule has 76 valence electrons. The van der Waals surface area contributed by atoms with E-state index in [4.69, 9.17) is 5.11 Å². The lowest BCUT2D eigenvalue weighted by molar-refractivity contribution is -0.138. The van der Waals surface area contributed by atoms with Crippen LogP contribution in [0.3, 0.4) is 0 Å². The van der Waals surface area contributed by atoms with Crippen molar-refractivity contribution >= 4 is 17.1 Å². The summed E-state index contributed by atoms with van der Waals surface area (Å²) in [7, 11) is 0. The van der Waals surface area contributed by atoms with E-state index in [-0.39, 0.29) is 0 Å². The lowest BCUT2D eigenvalue weighted by Gasteiger charge is -2.09. The van der Waals surface area contributed by atoms with E-state index in [0.29, 0.717) is 10.5 Å². The summed E-state index contributed by atoms with van der Waals surface area (Å²) in [5.74, 6) is -1.43. The van der Waals surface area contributed by atoms with Gasteiger partial charge in [0.2, 0.25) is 0 Å². The monoisotopic (exact) mass is 212 g/mol. The predicted octanol–water partition coefficient (Wildman–Crippen LogP) is 1.61. The molecule has 0 heterocycles. The van der Waals surface area contributed by atoms with Crippen LogP contribution in [0.4, 0.5) is 0 Å².